The van der Waals surface area contributed by atoms with Gasteiger partial charge in [-0.3, -0.25) is 24.8 Å². The zero-order valence-corrected chi connectivity index (χ0v) is 21.1. The molecule has 0 atom stereocenters. The largest absolute Gasteiger partial charge is 0.335 e. The maximum atomic E-state index is 12.8. The van der Waals surface area contributed by atoms with Crippen molar-refractivity contribution in [3.8, 4) is 33.8 Å². The van der Waals surface area contributed by atoms with Gasteiger partial charge in [0.25, 0.3) is 0 Å². The van der Waals surface area contributed by atoms with Gasteiger partial charge >= 0.3 is 0 Å². The first kappa shape index (κ1) is 23.2. The molecule has 192 valence electrons. The normalized spacial score (nSPS) is 14.2. The van der Waals surface area contributed by atoms with Crippen LogP contribution in [0.4, 0.5) is 5.69 Å². The lowest BCUT2D eigenvalue weighted by Gasteiger charge is -2.20. The third kappa shape index (κ3) is 4.39. The molecule has 1 amide bonds. The van der Waals surface area contributed by atoms with Crippen LogP contribution in [0.3, 0.4) is 0 Å². The zero-order chi connectivity index (χ0) is 26.2. The summed E-state index contributed by atoms with van der Waals surface area (Å²) in [4.78, 5) is 38.6. The van der Waals surface area contributed by atoms with Crippen molar-refractivity contribution in [2.45, 2.75) is 32.1 Å². The topological polar surface area (TPSA) is 138 Å². The minimum atomic E-state index is 0.0735. The molecule has 10 nitrogen and oxygen atoms in total. The van der Waals surface area contributed by atoms with Crippen LogP contribution in [0.15, 0.2) is 67.6 Å². The summed E-state index contributed by atoms with van der Waals surface area (Å²) < 4.78 is 0. The Morgan fingerprint density at radius 1 is 0.897 bits per heavy atom. The number of H-pyrrole nitrogens is 2. The van der Waals surface area contributed by atoms with Crippen LogP contribution in [-0.2, 0) is 4.79 Å². The molecule has 1 aliphatic rings. The Labute approximate surface area is 223 Å². The summed E-state index contributed by atoms with van der Waals surface area (Å²) in [7, 11) is 0. The molecule has 0 bridgehead atoms. The number of aromatic amines is 2. The predicted molar refractivity (Wildman–Crippen MR) is 148 cm³/mol. The second-order valence-electron chi connectivity index (χ2n) is 9.89. The minimum absolute atomic E-state index is 0.0735. The number of imidazole rings is 1. The quantitative estimate of drug-likeness (QED) is 0.274. The number of pyridine rings is 4. The molecule has 39 heavy (non-hydrogen) atoms. The molecule has 10 heteroatoms. The summed E-state index contributed by atoms with van der Waals surface area (Å²) in [5.41, 5.74) is 7.12. The fraction of sp³-hybridized carbons (Fsp3) is 0.207. The summed E-state index contributed by atoms with van der Waals surface area (Å²) in [5.74, 6) is 0.760. The lowest BCUT2D eigenvalue weighted by molar-refractivity contribution is -0.120. The molecule has 0 aromatic carbocycles. The molecule has 3 N–H and O–H groups in total. The summed E-state index contributed by atoms with van der Waals surface area (Å²) in [5, 5.41) is 11.4. The number of rotatable bonds is 5. The van der Waals surface area contributed by atoms with Crippen LogP contribution in [0.2, 0.25) is 0 Å². The van der Waals surface area contributed by atoms with Crippen molar-refractivity contribution >= 4 is 33.7 Å². The Hall–Kier alpha value is -4.99. The fourth-order valence-corrected chi connectivity index (χ4v) is 5.30. The van der Waals surface area contributed by atoms with Crippen molar-refractivity contribution in [2.75, 3.05) is 5.32 Å². The third-order valence-corrected chi connectivity index (χ3v) is 7.32. The number of aromatic nitrogens is 8. The van der Waals surface area contributed by atoms with E-state index >= 15 is 0 Å². The van der Waals surface area contributed by atoms with Gasteiger partial charge in [-0.2, -0.15) is 5.10 Å². The van der Waals surface area contributed by atoms with Crippen LogP contribution >= 0.6 is 0 Å². The van der Waals surface area contributed by atoms with E-state index in [4.69, 9.17) is 4.98 Å². The van der Waals surface area contributed by atoms with E-state index < -0.39 is 0 Å². The van der Waals surface area contributed by atoms with Crippen molar-refractivity contribution in [3.05, 3.63) is 67.6 Å². The molecule has 7 rings (SSSR count). The molecule has 6 aromatic rings. The predicted octanol–water partition coefficient (Wildman–Crippen LogP) is 5.54. The maximum absolute atomic E-state index is 12.8. The van der Waals surface area contributed by atoms with Crippen LogP contribution in [0.1, 0.15) is 32.1 Å². The Kier molecular flexibility index (Phi) is 5.77. The highest BCUT2D eigenvalue weighted by molar-refractivity contribution is 5.97. The number of amides is 1. The third-order valence-electron chi connectivity index (χ3n) is 7.32. The number of fused-ring (bicyclic) bond motifs is 2. The molecular weight excluding hydrogens is 490 g/mol. The number of nitrogens with zero attached hydrogens (tertiary/aromatic N) is 6. The second kappa shape index (κ2) is 9.71. The second-order valence-corrected chi connectivity index (χ2v) is 9.89. The number of carbonyl (C=O) groups is 1. The first-order chi connectivity index (χ1) is 19.2. The van der Waals surface area contributed by atoms with Crippen LogP contribution in [0, 0.1) is 5.92 Å². The molecular formula is C29H25N9O. The van der Waals surface area contributed by atoms with E-state index in [9.17, 15) is 4.79 Å². The van der Waals surface area contributed by atoms with E-state index in [-0.39, 0.29) is 11.8 Å². The first-order valence-electron chi connectivity index (χ1n) is 13.1. The van der Waals surface area contributed by atoms with Crippen molar-refractivity contribution in [3.63, 3.8) is 0 Å². The smallest absolute Gasteiger partial charge is 0.227 e. The summed E-state index contributed by atoms with van der Waals surface area (Å²) in [6.07, 6.45) is 17.6. The average Bonchev–Trinajstić information content (AvgIpc) is 3.62. The lowest BCUT2D eigenvalue weighted by atomic mass is 9.88. The van der Waals surface area contributed by atoms with Gasteiger partial charge in [0.05, 0.1) is 29.0 Å². The summed E-state index contributed by atoms with van der Waals surface area (Å²) >= 11 is 0. The first-order valence-corrected chi connectivity index (χ1v) is 13.1. The van der Waals surface area contributed by atoms with E-state index in [0.717, 1.165) is 64.4 Å². The van der Waals surface area contributed by atoms with Crippen LogP contribution < -0.4 is 5.32 Å². The molecule has 0 saturated heterocycles. The van der Waals surface area contributed by atoms with E-state index in [0.29, 0.717) is 22.9 Å². The van der Waals surface area contributed by atoms with Gasteiger partial charge in [-0.25, -0.2) is 9.97 Å². The van der Waals surface area contributed by atoms with Gasteiger partial charge < -0.3 is 10.3 Å². The van der Waals surface area contributed by atoms with Crippen molar-refractivity contribution in [2.24, 2.45) is 5.92 Å². The molecule has 1 saturated carbocycles. The highest BCUT2D eigenvalue weighted by atomic mass is 16.1. The van der Waals surface area contributed by atoms with Gasteiger partial charge in [-0.15, -0.1) is 0 Å². The van der Waals surface area contributed by atoms with Crippen molar-refractivity contribution in [1.82, 2.24) is 40.1 Å². The van der Waals surface area contributed by atoms with Crippen LogP contribution in [0.5, 0.6) is 0 Å². The highest BCUT2D eigenvalue weighted by Gasteiger charge is 2.21. The lowest BCUT2D eigenvalue weighted by Crippen LogP contribution is -2.24. The molecule has 1 aliphatic carbocycles. The van der Waals surface area contributed by atoms with Gasteiger partial charge in [0.1, 0.15) is 11.2 Å². The number of hydrogen-bond donors (Lipinski definition) is 3. The van der Waals surface area contributed by atoms with E-state index in [1.807, 2.05) is 24.3 Å². The Morgan fingerprint density at radius 2 is 1.74 bits per heavy atom. The molecule has 6 heterocycles. The zero-order valence-electron chi connectivity index (χ0n) is 21.1. The Bertz CT molecular complexity index is 1800. The SMILES string of the molecule is O=C(Nc1cncc(-c2cnc3[nH]nc(-c4nc5c(-c6cccnc6)cncc5[nH]4)c3c2)c1)C1CCCCC1. The van der Waals surface area contributed by atoms with Gasteiger partial charge in [-0.1, -0.05) is 25.3 Å². The molecule has 0 spiro atoms. The maximum Gasteiger partial charge on any atom is 0.227 e. The average molecular weight is 516 g/mol. The van der Waals surface area contributed by atoms with Gasteiger partial charge in [0.15, 0.2) is 11.5 Å². The molecule has 0 aliphatic heterocycles. The van der Waals surface area contributed by atoms with Crippen molar-refractivity contribution < 1.29 is 4.79 Å². The van der Waals surface area contributed by atoms with Gasteiger partial charge in [0.2, 0.25) is 5.91 Å². The van der Waals surface area contributed by atoms with Gasteiger partial charge in [-0.05, 0) is 31.0 Å². The van der Waals surface area contributed by atoms with E-state index in [1.54, 1.807) is 43.4 Å². The standard InChI is InChI=1S/C29H25N9O/c39-29(17-5-2-1-3-6-17)34-21-9-19(12-31-14-21)20-10-22-26(37-38-27(22)33-13-20)28-35-24-16-32-15-23(25(24)36-28)18-7-4-8-30-11-18/h4,7-17H,1-3,5-6H2,(H,34,39)(H,35,36)(H,33,37,38). The number of anilines is 1. The summed E-state index contributed by atoms with van der Waals surface area (Å²) in [6.45, 7) is 0. The van der Waals surface area contributed by atoms with E-state index in [1.165, 1.54) is 6.42 Å². The number of nitrogens with one attached hydrogen (secondary N) is 3. The number of hydrogen-bond acceptors (Lipinski definition) is 7. The van der Waals surface area contributed by atoms with Crippen LogP contribution in [-0.4, -0.2) is 46.0 Å². The molecule has 1 fully saturated rings. The van der Waals surface area contributed by atoms with Crippen LogP contribution in [0.25, 0.3) is 55.8 Å². The Morgan fingerprint density at radius 3 is 2.62 bits per heavy atom. The summed E-state index contributed by atoms with van der Waals surface area (Å²) in [6, 6.07) is 7.82. The fourth-order valence-electron chi connectivity index (χ4n) is 5.30. The Balaban J connectivity index is 1.23. The molecule has 0 radical (unpaired) electrons. The van der Waals surface area contributed by atoms with Gasteiger partial charge in [0, 0.05) is 59.2 Å². The van der Waals surface area contributed by atoms with Crippen molar-refractivity contribution in [1.29, 1.82) is 0 Å². The molecule has 0 unspecified atom stereocenters. The minimum Gasteiger partial charge on any atom is -0.335 e. The van der Waals surface area contributed by atoms with E-state index in [2.05, 4.69) is 40.4 Å². The monoisotopic (exact) mass is 515 g/mol. The number of carbonyl (C=O) groups excluding carboxylic acids is 1. The highest BCUT2D eigenvalue weighted by Crippen LogP contribution is 2.32. The molecule has 6 aromatic heterocycles.